The van der Waals surface area contributed by atoms with Gasteiger partial charge in [-0.2, -0.15) is 0 Å². The Balaban J connectivity index is 1.85. The average molecular weight is 414 g/mol. The highest BCUT2D eigenvalue weighted by Gasteiger charge is 2.33. The van der Waals surface area contributed by atoms with Gasteiger partial charge in [0.05, 0.1) is 0 Å². The molecule has 156 valence electrons. The van der Waals surface area contributed by atoms with E-state index in [0.717, 1.165) is 37.2 Å². The molecule has 0 fully saturated rings. The van der Waals surface area contributed by atoms with Crippen LogP contribution in [-0.2, 0) is 4.79 Å². The molecule has 1 atom stereocenters. The summed E-state index contributed by atoms with van der Waals surface area (Å²) >= 11 is 6.33. The van der Waals surface area contributed by atoms with Crippen molar-refractivity contribution in [2.24, 2.45) is 0 Å². The molecule has 0 bridgehead atoms. The molecular formula is C24H32ClN3O. The van der Waals surface area contributed by atoms with Gasteiger partial charge in [0.1, 0.15) is 0 Å². The van der Waals surface area contributed by atoms with Gasteiger partial charge in [0.2, 0.25) is 5.91 Å². The number of amides is 1. The van der Waals surface area contributed by atoms with Gasteiger partial charge in [-0.3, -0.25) is 4.79 Å². The first-order chi connectivity index (χ1) is 14.1. The molecule has 0 aliphatic carbocycles. The van der Waals surface area contributed by atoms with E-state index < -0.39 is 0 Å². The lowest BCUT2D eigenvalue weighted by Crippen LogP contribution is -2.29. The van der Waals surface area contributed by atoms with Crippen molar-refractivity contribution in [3.05, 3.63) is 48.6 Å². The molecule has 0 spiro atoms. The predicted octanol–water partition coefficient (Wildman–Crippen LogP) is 5.23. The standard InChI is InChI=1S/C24H32ClN3O/c1-4-13-26-21-15-22-24(20-11-8-7-10-19(20)21)18(16-25)17-28(22)23(29)12-6-5-9-14-27(2)3/h4,7-8,10-11,15,18,26H,1,5-6,9,12-14,16-17H2,2-3H3. The first-order valence-electron chi connectivity index (χ1n) is 10.5. The molecule has 29 heavy (non-hydrogen) atoms. The summed E-state index contributed by atoms with van der Waals surface area (Å²) in [6, 6.07) is 10.5. The molecule has 1 heterocycles. The minimum Gasteiger partial charge on any atom is -0.381 e. The van der Waals surface area contributed by atoms with Crippen LogP contribution in [0.15, 0.2) is 43.0 Å². The molecule has 1 aliphatic heterocycles. The lowest BCUT2D eigenvalue weighted by atomic mass is 9.95. The van der Waals surface area contributed by atoms with Gasteiger partial charge in [0, 0.05) is 48.1 Å². The first kappa shape index (κ1) is 21.7. The maximum absolute atomic E-state index is 13.1. The van der Waals surface area contributed by atoms with Crippen LogP contribution < -0.4 is 10.2 Å². The van der Waals surface area contributed by atoms with Crippen LogP contribution >= 0.6 is 11.6 Å². The predicted molar refractivity (Wildman–Crippen MR) is 125 cm³/mol. The third-order valence-corrected chi connectivity index (χ3v) is 5.96. The Hall–Kier alpha value is -2.04. The molecule has 0 saturated carbocycles. The highest BCUT2D eigenvalue weighted by molar-refractivity contribution is 6.19. The highest BCUT2D eigenvalue weighted by atomic mass is 35.5. The third-order valence-electron chi connectivity index (χ3n) is 5.59. The lowest BCUT2D eigenvalue weighted by molar-refractivity contribution is -0.118. The average Bonchev–Trinajstić information content (AvgIpc) is 3.10. The number of anilines is 2. The second-order valence-corrected chi connectivity index (χ2v) is 8.35. The summed E-state index contributed by atoms with van der Waals surface area (Å²) in [4.78, 5) is 17.2. The Kier molecular flexibility index (Phi) is 7.57. The van der Waals surface area contributed by atoms with E-state index in [4.69, 9.17) is 11.6 Å². The number of unbranched alkanes of at least 4 members (excludes halogenated alkanes) is 2. The molecule has 0 saturated heterocycles. The maximum atomic E-state index is 13.1. The van der Waals surface area contributed by atoms with Crippen LogP contribution in [0.4, 0.5) is 11.4 Å². The third kappa shape index (κ3) is 4.93. The zero-order valence-corrected chi connectivity index (χ0v) is 18.3. The van der Waals surface area contributed by atoms with Gasteiger partial charge in [0.15, 0.2) is 0 Å². The number of rotatable bonds is 10. The number of carbonyl (C=O) groups excluding carboxylic acids is 1. The second-order valence-electron chi connectivity index (χ2n) is 8.04. The molecule has 1 amide bonds. The number of hydrogen-bond acceptors (Lipinski definition) is 3. The van der Waals surface area contributed by atoms with Gasteiger partial charge in [-0.25, -0.2) is 0 Å². The SMILES string of the molecule is C=CCNc1cc2c(c3ccccc13)C(CCl)CN2C(=O)CCCCCN(C)C. The number of nitrogens with zero attached hydrogens (tertiary/aromatic N) is 2. The van der Waals surface area contributed by atoms with Gasteiger partial charge < -0.3 is 15.1 Å². The number of benzene rings is 2. The Morgan fingerprint density at radius 2 is 2.03 bits per heavy atom. The number of halogens is 1. The van der Waals surface area contributed by atoms with Crippen molar-refractivity contribution in [1.82, 2.24) is 4.90 Å². The van der Waals surface area contributed by atoms with Gasteiger partial charge in [-0.05, 0) is 50.5 Å². The van der Waals surface area contributed by atoms with E-state index in [1.165, 1.54) is 16.3 Å². The van der Waals surface area contributed by atoms with E-state index in [1.54, 1.807) is 0 Å². The Morgan fingerprint density at radius 1 is 1.28 bits per heavy atom. The van der Waals surface area contributed by atoms with Crippen molar-refractivity contribution in [3.63, 3.8) is 0 Å². The Labute approximate surface area is 179 Å². The fraction of sp³-hybridized carbons (Fsp3) is 0.458. The van der Waals surface area contributed by atoms with Crippen LogP contribution in [0.2, 0.25) is 0 Å². The van der Waals surface area contributed by atoms with E-state index in [1.807, 2.05) is 11.0 Å². The minimum atomic E-state index is 0.169. The molecule has 0 aromatic heterocycles. The molecule has 4 nitrogen and oxygen atoms in total. The van der Waals surface area contributed by atoms with Gasteiger partial charge in [-0.15, -0.1) is 18.2 Å². The second kappa shape index (κ2) is 10.1. The zero-order chi connectivity index (χ0) is 20.8. The van der Waals surface area contributed by atoms with Crippen LogP contribution in [0.5, 0.6) is 0 Å². The summed E-state index contributed by atoms with van der Waals surface area (Å²) in [5.41, 5.74) is 3.26. The number of carbonyl (C=O) groups is 1. The topological polar surface area (TPSA) is 35.6 Å². The molecule has 1 aliphatic rings. The highest BCUT2D eigenvalue weighted by Crippen LogP contribution is 2.45. The van der Waals surface area contributed by atoms with Crippen molar-refractivity contribution >= 4 is 39.7 Å². The number of nitrogens with one attached hydrogen (secondary N) is 1. The summed E-state index contributed by atoms with van der Waals surface area (Å²) in [6.45, 7) is 6.23. The monoisotopic (exact) mass is 413 g/mol. The van der Waals surface area contributed by atoms with E-state index in [9.17, 15) is 4.79 Å². The lowest BCUT2D eigenvalue weighted by Gasteiger charge is -2.20. The first-order valence-corrected chi connectivity index (χ1v) is 11.0. The molecule has 3 rings (SSSR count). The number of fused-ring (bicyclic) bond motifs is 3. The molecule has 2 aromatic carbocycles. The maximum Gasteiger partial charge on any atom is 0.227 e. The van der Waals surface area contributed by atoms with Crippen LogP contribution in [0.25, 0.3) is 10.8 Å². The van der Waals surface area contributed by atoms with Crippen molar-refractivity contribution in [1.29, 1.82) is 0 Å². The Bertz CT molecular complexity index is 865. The zero-order valence-electron chi connectivity index (χ0n) is 17.6. The fourth-order valence-electron chi connectivity index (χ4n) is 4.15. The number of alkyl halides is 1. The smallest absolute Gasteiger partial charge is 0.227 e. The van der Waals surface area contributed by atoms with E-state index in [2.05, 4.69) is 61.2 Å². The molecule has 5 heteroatoms. The van der Waals surface area contributed by atoms with Crippen molar-refractivity contribution < 1.29 is 4.79 Å². The van der Waals surface area contributed by atoms with E-state index in [-0.39, 0.29) is 11.8 Å². The van der Waals surface area contributed by atoms with Crippen LogP contribution in [0.1, 0.15) is 37.2 Å². The van der Waals surface area contributed by atoms with Gasteiger partial charge in [-0.1, -0.05) is 36.8 Å². The summed E-state index contributed by atoms with van der Waals surface area (Å²) in [5, 5.41) is 5.79. The largest absolute Gasteiger partial charge is 0.381 e. The Morgan fingerprint density at radius 3 is 2.72 bits per heavy atom. The van der Waals surface area contributed by atoms with Gasteiger partial charge in [0.25, 0.3) is 0 Å². The van der Waals surface area contributed by atoms with Crippen LogP contribution in [0, 0.1) is 0 Å². The molecule has 0 radical (unpaired) electrons. The molecule has 1 unspecified atom stereocenters. The summed E-state index contributed by atoms with van der Waals surface area (Å²) in [6.07, 6.45) is 5.57. The normalized spacial score (nSPS) is 15.7. The fourth-order valence-corrected chi connectivity index (χ4v) is 4.40. The van der Waals surface area contributed by atoms with E-state index in [0.29, 0.717) is 25.4 Å². The van der Waals surface area contributed by atoms with Crippen LogP contribution in [-0.4, -0.2) is 50.4 Å². The molecular weight excluding hydrogens is 382 g/mol. The van der Waals surface area contributed by atoms with Crippen LogP contribution in [0.3, 0.4) is 0 Å². The summed E-state index contributed by atoms with van der Waals surface area (Å²) < 4.78 is 0. The van der Waals surface area contributed by atoms with Crippen molar-refractivity contribution in [2.75, 3.05) is 49.8 Å². The minimum absolute atomic E-state index is 0.169. The van der Waals surface area contributed by atoms with Crippen molar-refractivity contribution in [2.45, 2.75) is 31.6 Å². The van der Waals surface area contributed by atoms with E-state index >= 15 is 0 Å². The summed E-state index contributed by atoms with van der Waals surface area (Å²) in [7, 11) is 4.17. The van der Waals surface area contributed by atoms with Crippen molar-refractivity contribution in [3.8, 4) is 0 Å². The summed E-state index contributed by atoms with van der Waals surface area (Å²) in [5.74, 6) is 0.889. The number of hydrogen-bond donors (Lipinski definition) is 1. The molecule has 2 aromatic rings. The molecule has 1 N–H and O–H groups in total. The quantitative estimate of drug-likeness (QED) is 0.329. The van der Waals surface area contributed by atoms with Gasteiger partial charge >= 0.3 is 0 Å².